The number of rotatable bonds is 5. The number of carbonyl (C=O) groups is 2. The third-order valence-electron chi connectivity index (χ3n) is 3.60. The molecule has 0 aliphatic rings. The van der Waals surface area contributed by atoms with Crippen LogP contribution in [0.25, 0.3) is 10.8 Å². The minimum atomic E-state index is -0.450. The van der Waals surface area contributed by atoms with Crippen molar-refractivity contribution in [3.8, 4) is 0 Å². The van der Waals surface area contributed by atoms with Gasteiger partial charge in [-0.15, -0.1) is 0 Å². The van der Waals surface area contributed by atoms with Gasteiger partial charge in [0, 0.05) is 5.39 Å². The molecule has 0 amide bonds. The van der Waals surface area contributed by atoms with Crippen molar-refractivity contribution in [3.05, 3.63) is 38.8 Å². The van der Waals surface area contributed by atoms with E-state index in [9.17, 15) is 14.4 Å². The highest BCUT2D eigenvalue weighted by Crippen LogP contribution is 2.24. The van der Waals surface area contributed by atoms with E-state index in [0.29, 0.717) is 40.4 Å². The maximum Gasteiger partial charge on any atom is 0.338 e. The molecule has 0 saturated carbocycles. The van der Waals surface area contributed by atoms with E-state index in [2.05, 4.69) is 10.2 Å². The Morgan fingerprint density at radius 1 is 1.41 bits per heavy atom. The molecule has 116 valence electrons. The lowest BCUT2D eigenvalue weighted by Gasteiger charge is -2.12. The number of ether oxygens (including phenoxy) is 1. The van der Waals surface area contributed by atoms with Crippen LogP contribution < -0.4 is 5.56 Å². The van der Waals surface area contributed by atoms with Gasteiger partial charge >= 0.3 is 5.97 Å². The molecule has 1 aromatic heterocycles. The molecule has 1 heterocycles. The van der Waals surface area contributed by atoms with Crippen LogP contribution in [0.3, 0.4) is 0 Å². The third kappa shape index (κ3) is 2.77. The lowest BCUT2D eigenvalue weighted by Crippen LogP contribution is -2.16. The summed E-state index contributed by atoms with van der Waals surface area (Å²) in [5, 5.41) is 6.74. The van der Waals surface area contributed by atoms with E-state index in [-0.39, 0.29) is 5.69 Å². The lowest BCUT2D eigenvalue weighted by atomic mass is 9.96. The fourth-order valence-corrected chi connectivity index (χ4v) is 2.49. The number of hydrogen-bond donors (Lipinski definition) is 1. The molecular formula is C16H18N2O4. The summed E-state index contributed by atoms with van der Waals surface area (Å²) < 4.78 is 5.24. The van der Waals surface area contributed by atoms with Crippen LogP contribution in [0.1, 0.15) is 51.7 Å². The van der Waals surface area contributed by atoms with E-state index in [4.69, 9.17) is 4.74 Å². The van der Waals surface area contributed by atoms with E-state index in [0.717, 1.165) is 12.8 Å². The Hall–Kier alpha value is -2.50. The Kier molecular flexibility index (Phi) is 4.70. The van der Waals surface area contributed by atoms with Gasteiger partial charge in [-0.05, 0) is 37.5 Å². The van der Waals surface area contributed by atoms with Crippen LogP contribution in [0.4, 0.5) is 0 Å². The number of aromatic nitrogens is 2. The molecule has 0 aliphatic carbocycles. The van der Waals surface area contributed by atoms with Gasteiger partial charge in [-0.25, -0.2) is 9.89 Å². The van der Waals surface area contributed by atoms with Crippen molar-refractivity contribution in [2.24, 2.45) is 0 Å². The van der Waals surface area contributed by atoms with Crippen molar-refractivity contribution in [2.45, 2.75) is 33.6 Å². The van der Waals surface area contributed by atoms with E-state index >= 15 is 0 Å². The highest BCUT2D eigenvalue weighted by atomic mass is 16.5. The predicted octanol–water partition coefficient (Wildman–Crippen LogP) is 2.31. The third-order valence-corrected chi connectivity index (χ3v) is 3.60. The Balaban J connectivity index is 2.62. The molecule has 6 heteroatoms. The number of unbranched alkanes of at least 4 members (excludes halogenated alkanes) is 1. The van der Waals surface area contributed by atoms with Crippen molar-refractivity contribution >= 4 is 23.0 Å². The summed E-state index contributed by atoms with van der Waals surface area (Å²) in [6.45, 7) is 5.78. The van der Waals surface area contributed by atoms with E-state index in [1.165, 1.54) is 0 Å². The van der Waals surface area contributed by atoms with Crippen LogP contribution in [-0.4, -0.2) is 29.1 Å². The smallest absolute Gasteiger partial charge is 0.338 e. The van der Waals surface area contributed by atoms with Crippen LogP contribution in [-0.2, 0) is 4.74 Å². The second-order valence-corrected chi connectivity index (χ2v) is 5.16. The number of H-pyrrole nitrogens is 1. The first-order chi connectivity index (χ1) is 10.5. The maximum atomic E-state index is 12.3. The molecule has 0 fully saturated rings. The Morgan fingerprint density at radius 3 is 2.77 bits per heavy atom. The molecule has 0 atom stereocenters. The first-order valence-corrected chi connectivity index (χ1v) is 7.16. The summed E-state index contributed by atoms with van der Waals surface area (Å²) >= 11 is 0. The normalized spacial score (nSPS) is 10.7. The second kappa shape index (κ2) is 6.51. The molecule has 0 unspecified atom stereocenters. The first-order valence-electron chi connectivity index (χ1n) is 7.16. The summed E-state index contributed by atoms with van der Waals surface area (Å²) in [6.07, 6.45) is 2.30. The average Bonchev–Trinajstić information content (AvgIpc) is 2.47. The number of benzene rings is 1. The minimum Gasteiger partial charge on any atom is -0.462 e. The Bertz CT molecular complexity index is 793. The van der Waals surface area contributed by atoms with Crippen LogP contribution in [0.2, 0.25) is 0 Å². The number of aryl methyl sites for hydroxylation is 2. The fraction of sp³-hybridized carbons (Fsp3) is 0.375. The number of aromatic amines is 1. The van der Waals surface area contributed by atoms with Crippen molar-refractivity contribution in [1.82, 2.24) is 10.2 Å². The van der Waals surface area contributed by atoms with Crippen molar-refractivity contribution in [2.75, 3.05) is 6.61 Å². The average molecular weight is 302 g/mol. The summed E-state index contributed by atoms with van der Waals surface area (Å²) in [4.78, 5) is 35.4. The van der Waals surface area contributed by atoms with Gasteiger partial charge in [0.05, 0.1) is 17.6 Å². The van der Waals surface area contributed by atoms with Crippen molar-refractivity contribution in [3.63, 3.8) is 0 Å². The standard InChI is InChI=1S/C16H18N2O4/c1-4-5-6-22-16(21)13-9(2)7-11-12(8-19)17-18-15(20)14(11)10(13)3/h7-8H,4-6H2,1-3H3,(H,18,20). The molecule has 6 nitrogen and oxygen atoms in total. The number of nitrogens with one attached hydrogen (secondary N) is 1. The SMILES string of the molecule is CCCCOC(=O)c1c(C)cc2c(C=O)n[nH]c(=O)c2c1C. The zero-order valence-corrected chi connectivity index (χ0v) is 12.9. The Morgan fingerprint density at radius 2 is 2.14 bits per heavy atom. The summed E-state index contributed by atoms with van der Waals surface area (Å²) in [6, 6.07) is 1.63. The zero-order valence-electron chi connectivity index (χ0n) is 12.9. The van der Waals surface area contributed by atoms with Crippen molar-refractivity contribution in [1.29, 1.82) is 0 Å². The molecular weight excluding hydrogens is 284 g/mol. The summed E-state index contributed by atoms with van der Waals surface area (Å²) in [7, 11) is 0. The van der Waals surface area contributed by atoms with Crippen molar-refractivity contribution < 1.29 is 14.3 Å². The van der Waals surface area contributed by atoms with Gasteiger partial charge in [0.15, 0.2) is 6.29 Å². The van der Waals surface area contributed by atoms with Gasteiger partial charge in [-0.1, -0.05) is 13.3 Å². The molecule has 1 N–H and O–H groups in total. The monoisotopic (exact) mass is 302 g/mol. The number of carbonyl (C=O) groups excluding carboxylic acids is 2. The maximum absolute atomic E-state index is 12.3. The highest BCUT2D eigenvalue weighted by Gasteiger charge is 2.19. The molecule has 0 radical (unpaired) electrons. The van der Waals surface area contributed by atoms with Crippen LogP contribution in [0, 0.1) is 13.8 Å². The molecule has 0 spiro atoms. The molecule has 1 aromatic carbocycles. The molecule has 0 aliphatic heterocycles. The van der Waals surface area contributed by atoms with Gasteiger partial charge in [0.2, 0.25) is 0 Å². The van der Waals surface area contributed by atoms with Crippen LogP contribution in [0.5, 0.6) is 0 Å². The second-order valence-electron chi connectivity index (χ2n) is 5.16. The van der Waals surface area contributed by atoms with E-state index < -0.39 is 11.5 Å². The van der Waals surface area contributed by atoms with Gasteiger partial charge in [-0.2, -0.15) is 5.10 Å². The lowest BCUT2D eigenvalue weighted by molar-refractivity contribution is 0.0498. The number of nitrogens with zero attached hydrogens (tertiary/aromatic N) is 1. The number of esters is 1. The summed E-state index contributed by atoms with van der Waals surface area (Å²) in [5.74, 6) is -0.450. The molecule has 0 saturated heterocycles. The molecule has 2 rings (SSSR count). The molecule has 0 bridgehead atoms. The molecule has 2 aromatic rings. The number of aldehydes is 1. The number of fused-ring (bicyclic) bond motifs is 1. The largest absolute Gasteiger partial charge is 0.462 e. The predicted molar refractivity (Wildman–Crippen MR) is 82.4 cm³/mol. The topological polar surface area (TPSA) is 89.1 Å². The van der Waals surface area contributed by atoms with E-state index in [1.54, 1.807) is 19.9 Å². The van der Waals surface area contributed by atoms with Gasteiger partial charge in [-0.3, -0.25) is 9.59 Å². The fourth-order valence-electron chi connectivity index (χ4n) is 2.49. The zero-order chi connectivity index (χ0) is 16.3. The van der Waals surface area contributed by atoms with E-state index in [1.807, 2.05) is 6.92 Å². The molecule has 22 heavy (non-hydrogen) atoms. The van der Waals surface area contributed by atoms with Gasteiger partial charge in [0.25, 0.3) is 5.56 Å². The highest BCUT2D eigenvalue weighted by molar-refractivity contribution is 6.03. The van der Waals surface area contributed by atoms with Gasteiger partial charge < -0.3 is 4.74 Å². The minimum absolute atomic E-state index is 0.145. The van der Waals surface area contributed by atoms with Gasteiger partial charge in [0.1, 0.15) is 5.69 Å². The van der Waals surface area contributed by atoms with Crippen LogP contribution in [0.15, 0.2) is 10.9 Å². The first kappa shape index (κ1) is 15.9. The Labute approximate surface area is 127 Å². The quantitative estimate of drug-likeness (QED) is 0.520. The van der Waals surface area contributed by atoms with Crippen LogP contribution >= 0.6 is 0 Å². The summed E-state index contributed by atoms with van der Waals surface area (Å²) in [5.41, 5.74) is 1.25. The number of hydrogen-bond acceptors (Lipinski definition) is 5.